The van der Waals surface area contributed by atoms with Crippen LogP contribution in [0.5, 0.6) is 0 Å². The van der Waals surface area contributed by atoms with Gasteiger partial charge in [-0.05, 0) is 47.4 Å². The van der Waals surface area contributed by atoms with Crippen molar-refractivity contribution in [2.75, 3.05) is 13.2 Å². The number of hydrogen-bond donors (Lipinski definition) is 0. The maximum absolute atomic E-state index is 6.38. The van der Waals surface area contributed by atoms with Gasteiger partial charge in [0.05, 0.1) is 25.4 Å². The van der Waals surface area contributed by atoms with Crippen molar-refractivity contribution in [2.24, 2.45) is 5.92 Å². The van der Waals surface area contributed by atoms with Crippen molar-refractivity contribution in [1.29, 1.82) is 0 Å². The minimum atomic E-state index is 0.0288. The Labute approximate surface area is 159 Å². The fourth-order valence-electron chi connectivity index (χ4n) is 6.81. The Morgan fingerprint density at radius 3 is 2.63 bits per heavy atom. The van der Waals surface area contributed by atoms with Crippen LogP contribution in [0, 0.1) is 5.92 Å². The molecule has 3 fully saturated rings. The second-order valence-electron chi connectivity index (χ2n) is 8.96. The maximum atomic E-state index is 6.38. The molecule has 138 valence electrons. The monoisotopic (exact) mass is 360 g/mol. The molecule has 3 heteroatoms. The van der Waals surface area contributed by atoms with Crippen molar-refractivity contribution in [2.45, 2.75) is 55.0 Å². The molecule has 0 radical (unpaired) electrons. The van der Waals surface area contributed by atoms with Gasteiger partial charge in [0.1, 0.15) is 12.2 Å². The van der Waals surface area contributed by atoms with E-state index in [2.05, 4.69) is 48.5 Å². The highest BCUT2D eigenvalue weighted by atomic mass is 16.6. The number of aryl methyl sites for hydroxylation is 1. The van der Waals surface area contributed by atoms with Gasteiger partial charge < -0.3 is 14.2 Å². The lowest BCUT2D eigenvalue weighted by Crippen LogP contribution is -2.46. The Hall–Kier alpha value is -1.68. The molecular weight excluding hydrogens is 336 g/mol. The van der Waals surface area contributed by atoms with E-state index in [4.69, 9.17) is 14.2 Å². The van der Waals surface area contributed by atoms with Crippen LogP contribution in [-0.2, 0) is 32.5 Å². The molecule has 2 aromatic rings. The summed E-state index contributed by atoms with van der Waals surface area (Å²) in [6, 6.07) is 18.2. The molecule has 27 heavy (non-hydrogen) atoms. The molecule has 0 bridgehead atoms. The van der Waals surface area contributed by atoms with Crippen LogP contribution in [0.1, 0.15) is 34.6 Å². The summed E-state index contributed by atoms with van der Waals surface area (Å²) in [6.45, 7) is 1.43. The van der Waals surface area contributed by atoms with E-state index >= 15 is 0 Å². The quantitative estimate of drug-likeness (QED) is 0.731. The Balaban J connectivity index is 1.47. The van der Waals surface area contributed by atoms with Gasteiger partial charge >= 0.3 is 0 Å². The average molecular weight is 360 g/mol. The van der Waals surface area contributed by atoms with Crippen molar-refractivity contribution < 1.29 is 14.2 Å². The lowest BCUT2D eigenvalue weighted by molar-refractivity contribution is 0.102. The molecule has 0 N–H and O–H groups in total. The van der Waals surface area contributed by atoms with E-state index in [1.54, 1.807) is 5.56 Å². The van der Waals surface area contributed by atoms with E-state index < -0.39 is 0 Å². The van der Waals surface area contributed by atoms with E-state index in [1.807, 2.05) is 0 Å². The summed E-state index contributed by atoms with van der Waals surface area (Å²) >= 11 is 0. The number of epoxide rings is 2. The fourth-order valence-corrected chi connectivity index (χ4v) is 6.81. The van der Waals surface area contributed by atoms with Gasteiger partial charge in [-0.3, -0.25) is 0 Å². The van der Waals surface area contributed by atoms with Crippen LogP contribution in [0.4, 0.5) is 0 Å². The van der Waals surface area contributed by atoms with Crippen molar-refractivity contribution in [3.8, 4) is 0 Å². The highest BCUT2D eigenvalue weighted by Gasteiger charge is 2.70. The highest BCUT2D eigenvalue weighted by molar-refractivity contribution is 5.51. The molecule has 7 unspecified atom stereocenters. The third-order valence-electron chi connectivity index (χ3n) is 7.88. The first-order valence-electron chi connectivity index (χ1n) is 10.4. The van der Waals surface area contributed by atoms with Crippen LogP contribution >= 0.6 is 0 Å². The van der Waals surface area contributed by atoms with Gasteiger partial charge in [0.15, 0.2) is 0 Å². The van der Waals surface area contributed by atoms with Crippen molar-refractivity contribution >= 4 is 0 Å². The van der Waals surface area contributed by atoms with Crippen molar-refractivity contribution in [1.82, 2.24) is 0 Å². The van der Waals surface area contributed by atoms with Gasteiger partial charge in [-0.1, -0.05) is 48.5 Å². The smallest absolute Gasteiger partial charge is 0.108 e. The molecule has 0 saturated carbocycles. The first kappa shape index (κ1) is 15.3. The Morgan fingerprint density at radius 2 is 1.67 bits per heavy atom. The molecule has 3 aliphatic heterocycles. The number of benzene rings is 2. The molecule has 3 saturated heterocycles. The van der Waals surface area contributed by atoms with Gasteiger partial charge in [-0.2, -0.15) is 0 Å². The van der Waals surface area contributed by atoms with E-state index in [9.17, 15) is 0 Å². The van der Waals surface area contributed by atoms with Gasteiger partial charge in [-0.25, -0.2) is 0 Å². The lowest BCUT2D eigenvalue weighted by Gasteiger charge is -2.41. The molecule has 7 atom stereocenters. The van der Waals surface area contributed by atoms with Crippen LogP contribution in [0.25, 0.3) is 0 Å². The second kappa shape index (κ2) is 5.22. The molecule has 0 aromatic heterocycles. The summed E-state index contributed by atoms with van der Waals surface area (Å²) in [5.41, 5.74) is 6.14. The second-order valence-corrected chi connectivity index (χ2v) is 8.96. The summed E-state index contributed by atoms with van der Waals surface area (Å²) in [4.78, 5) is 0. The molecule has 2 aliphatic carbocycles. The normalized spacial score (nSPS) is 43.3. The molecular formula is C24H24O3. The zero-order chi connectivity index (χ0) is 17.6. The summed E-state index contributed by atoms with van der Waals surface area (Å²) in [5, 5.41) is 0. The first-order chi connectivity index (χ1) is 13.4. The van der Waals surface area contributed by atoms with Gasteiger partial charge in [0.25, 0.3) is 0 Å². The van der Waals surface area contributed by atoms with E-state index in [0.717, 1.165) is 13.0 Å². The van der Waals surface area contributed by atoms with E-state index in [1.165, 1.54) is 29.5 Å². The minimum absolute atomic E-state index is 0.0288. The molecule has 2 aromatic carbocycles. The molecule has 5 aliphatic rings. The molecule has 7 rings (SSSR count). The van der Waals surface area contributed by atoms with Crippen LogP contribution in [0.3, 0.4) is 0 Å². The van der Waals surface area contributed by atoms with Crippen LogP contribution in [-0.4, -0.2) is 37.6 Å². The standard InChI is InChI=1S/C24H24O3/c1-3-7-16-14(5-1)9-10-18(16)24-17-8-4-2-6-15(17)11-19(24)22-20(26-22)12-25-13-21-23(24)27-21/h1-8,18-23H,9-13H2. The Morgan fingerprint density at radius 1 is 0.852 bits per heavy atom. The summed E-state index contributed by atoms with van der Waals surface area (Å²) in [6.07, 6.45) is 4.60. The maximum Gasteiger partial charge on any atom is 0.108 e. The van der Waals surface area contributed by atoms with E-state index in [-0.39, 0.29) is 23.7 Å². The van der Waals surface area contributed by atoms with Crippen molar-refractivity contribution in [3.05, 3.63) is 70.8 Å². The number of rotatable bonds is 1. The third-order valence-corrected chi connectivity index (χ3v) is 7.88. The topological polar surface area (TPSA) is 34.3 Å². The molecule has 3 heterocycles. The van der Waals surface area contributed by atoms with Gasteiger partial charge in [0, 0.05) is 11.3 Å². The lowest BCUT2D eigenvalue weighted by atomic mass is 9.60. The predicted molar refractivity (Wildman–Crippen MR) is 101 cm³/mol. The van der Waals surface area contributed by atoms with Crippen LogP contribution < -0.4 is 0 Å². The molecule has 0 amide bonds. The number of fused-ring (bicyclic) bond motifs is 8. The summed E-state index contributed by atoms with van der Waals surface area (Å²) < 4.78 is 18.5. The molecule has 0 spiro atoms. The average Bonchev–Trinajstić information content (AvgIpc) is 3.57. The summed E-state index contributed by atoms with van der Waals surface area (Å²) in [7, 11) is 0. The number of hydrogen-bond acceptors (Lipinski definition) is 3. The molecule has 3 nitrogen and oxygen atoms in total. The van der Waals surface area contributed by atoms with Crippen LogP contribution in [0.2, 0.25) is 0 Å². The summed E-state index contributed by atoms with van der Waals surface area (Å²) in [5.74, 6) is 1.01. The predicted octanol–water partition coefficient (Wildman–Crippen LogP) is 3.39. The zero-order valence-corrected chi connectivity index (χ0v) is 15.3. The van der Waals surface area contributed by atoms with E-state index in [0.29, 0.717) is 24.5 Å². The first-order valence-corrected chi connectivity index (χ1v) is 10.4. The SMILES string of the molecule is c1ccc2c(c1)CCC2C12c3ccccc3CC1C1OC1COCC1OC12. The minimum Gasteiger partial charge on any atom is -0.376 e. The van der Waals surface area contributed by atoms with Crippen molar-refractivity contribution in [3.63, 3.8) is 0 Å². The Kier molecular flexibility index (Phi) is 2.95. The van der Waals surface area contributed by atoms with Gasteiger partial charge in [0.2, 0.25) is 0 Å². The van der Waals surface area contributed by atoms with Crippen LogP contribution in [0.15, 0.2) is 48.5 Å². The Bertz CT molecular complexity index is 923. The number of ether oxygens (including phenoxy) is 3. The fraction of sp³-hybridized carbons (Fsp3) is 0.500. The van der Waals surface area contributed by atoms with Gasteiger partial charge in [-0.15, -0.1) is 0 Å². The third kappa shape index (κ3) is 1.93. The zero-order valence-electron chi connectivity index (χ0n) is 15.3. The highest BCUT2D eigenvalue weighted by Crippen LogP contribution is 2.65. The largest absolute Gasteiger partial charge is 0.376 e.